The van der Waals surface area contributed by atoms with Gasteiger partial charge in [-0.15, -0.1) is 0 Å². The SMILES string of the molecule is CC(F)(F)S(=O)(=O)c1cccc(Br)c1F. The number of halogens is 4. The van der Waals surface area contributed by atoms with Crippen LogP contribution in [0, 0.1) is 5.82 Å². The van der Waals surface area contributed by atoms with Crippen molar-refractivity contribution in [3.8, 4) is 0 Å². The summed E-state index contributed by atoms with van der Waals surface area (Å²) in [4.78, 5) is -1.01. The maximum Gasteiger partial charge on any atom is 0.347 e. The molecule has 0 aliphatic rings. The quantitative estimate of drug-likeness (QED) is 0.842. The van der Waals surface area contributed by atoms with Gasteiger partial charge in [-0.2, -0.15) is 8.78 Å². The van der Waals surface area contributed by atoms with Crippen LogP contribution in [0.5, 0.6) is 0 Å². The molecule has 0 saturated carbocycles. The van der Waals surface area contributed by atoms with E-state index in [9.17, 15) is 21.6 Å². The lowest BCUT2D eigenvalue weighted by Gasteiger charge is -2.12. The lowest BCUT2D eigenvalue weighted by Crippen LogP contribution is -2.25. The van der Waals surface area contributed by atoms with Crippen LogP contribution in [-0.2, 0) is 9.84 Å². The van der Waals surface area contributed by atoms with E-state index in [0.29, 0.717) is 0 Å². The van der Waals surface area contributed by atoms with E-state index < -0.39 is 25.8 Å². The summed E-state index contributed by atoms with van der Waals surface area (Å²) in [5.74, 6) is -1.21. The van der Waals surface area contributed by atoms with Gasteiger partial charge in [0.1, 0.15) is 4.90 Å². The van der Waals surface area contributed by atoms with Crippen LogP contribution < -0.4 is 0 Å². The monoisotopic (exact) mass is 302 g/mol. The molecule has 7 heteroatoms. The van der Waals surface area contributed by atoms with Crippen LogP contribution in [0.15, 0.2) is 27.6 Å². The van der Waals surface area contributed by atoms with Crippen LogP contribution in [0.25, 0.3) is 0 Å². The van der Waals surface area contributed by atoms with E-state index in [1.165, 1.54) is 12.1 Å². The number of hydrogen-bond donors (Lipinski definition) is 0. The highest BCUT2D eigenvalue weighted by molar-refractivity contribution is 9.10. The molecule has 1 aromatic rings. The standard InChI is InChI=1S/C8H6BrF3O2S/c1-8(11,12)15(13,14)6-4-2-3-5(9)7(6)10/h2-4H,1H3. The molecule has 0 atom stereocenters. The summed E-state index contributed by atoms with van der Waals surface area (Å²) in [7, 11) is -4.97. The molecule has 84 valence electrons. The molecule has 0 spiro atoms. The van der Waals surface area contributed by atoms with Crippen molar-refractivity contribution in [1.82, 2.24) is 0 Å². The van der Waals surface area contributed by atoms with E-state index in [1.54, 1.807) is 0 Å². The van der Waals surface area contributed by atoms with Gasteiger partial charge in [0.05, 0.1) is 4.47 Å². The molecule has 0 bridgehead atoms. The molecule has 0 amide bonds. The zero-order chi connectivity index (χ0) is 11.9. The Morgan fingerprint density at radius 1 is 1.33 bits per heavy atom. The Labute approximate surface area is 93.2 Å². The number of alkyl halides is 2. The molecule has 15 heavy (non-hydrogen) atoms. The Hall–Kier alpha value is -0.560. The van der Waals surface area contributed by atoms with Gasteiger partial charge in [-0.25, -0.2) is 12.8 Å². The molecule has 0 fully saturated rings. The molecular formula is C8H6BrF3O2S. The van der Waals surface area contributed by atoms with Crippen LogP contribution in [0.4, 0.5) is 13.2 Å². The van der Waals surface area contributed by atoms with Gasteiger partial charge in [-0.3, -0.25) is 0 Å². The first-order chi connectivity index (χ1) is 6.68. The van der Waals surface area contributed by atoms with Gasteiger partial charge in [0.2, 0.25) is 9.84 Å². The number of hydrogen-bond acceptors (Lipinski definition) is 2. The predicted molar refractivity (Wildman–Crippen MR) is 51.9 cm³/mol. The van der Waals surface area contributed by atoms with Crippen molar-refractivity contribution in [1.29, 1.82) is 0 Å². The summed E-state index contributed by atoms with van der Waals surface area (Å²) >= 11 is 2.72. The fourth-order valence-electron chi connectivity index (χ4n) is 0.885. The van der Waals surface area contributed by atoms with Gasteiger partial charge >= 0.3 is 5.25 Å². The Balaban J connectivity index is 3.49. The minimum absolute atomic E-state index is 0.173. The Morgan fingerprint density at radius 2 is 1.87 bits per heavy atom. The Morgan fingerprint density at radius 3 is 2.33 bits per heavy atom. The smallest absolute Gasteiger partial charge is 0.217 e. The topological polar surface area (TPSA) is 34.1 Å². The fraction of sp³-hybridized carbons (Fsp3) is 0.250. The van der Waals surface area contributed by atoms with Crippen molar-refractivity contribution in [3.63, 3.8) is 0 Å². The van der Waals surface area contributed by atoms with Crippen LogP contribution in [0.1, 0.15) is 6.92 Å². The molecule has 0 radical (unpaired) electrons. The van der Waals surface area contributed by atoms with E-state index in [4.69, 9.17) is 0 Å². The first kappa shape index (κ1) is 12.5. The third-order valence-corrected chi connectivity index (χ3v) is 4.13. The summed E-state index contributed by atoms with van der Waals surface area (Å²) in [6.45, 7) is 0.211. The van der Waals surface area contributed by atoms with Crippen LogP contribution in [0.3, 0.4) is 0 Å². The molecule has 0 N–H and O–H groups in total. The minimum Gasteiger partial charge on any atom is -0.217 e. The third kappa shape index (κ3) is 2.17. The van der Waals surface area contributed by atoms with Gasteiger partial charge in [0.25, 0.3) is 0 Å². The van der Waals surface area contributed by atoms with E-state index in [-0.39, 0.29) is 11.4 Å². The van der Waals surface area contributed by atoms with Gasteiger partial charge in [0, 0.05) is 6.92 Å². The molecule has 0 aliphatic carbocycles. The van der Waals surface area contributed by atoms with E-state index in [2.05, 4.69) is 15.9 Å². The zero-order valence-corrected chi connectivity index (χ0v) is 9.87. The van der Waals surface area contributed by atoms with Crippen molar-refractivity contribution in [2.75, 3.05) is 0 Å². The highest BCUT2D eigenvalue weighted by atomic mass is 79.9. The molecule has 1 rings (SSSR count). The molecule has 0 aliphatic heterocycles. The number of benzene rings is 1. The zero-order valence-electron chi connectivity index (χ0n) is 7.47. The second-order valence-corrected chi connectivity index (χ2v) is 5.88. The summed E-state index contributed by atoms with van der Waals surface area (Å²) in [5, 5.41) is -4.01. The second kappa shape index (κ2) is 3.79. The maximum atomic E-state index is 13.3. The largest absolute Gasteiger partial charge is 0.347 e. The molecule has 1 aromatic carbocycles. The third-order valence-electron chi connectivity index (χ3n) is 1.68. The Kier molecular flexibility index (Phi) is 3.16. The first-order valence-corrected chi connectivity index (χ1v) is 6.02. The molecule has 0 saturated heterocycles. The maximum absolute atomic E-state index is 13.3. The van der Waals surface area contributed by atoms with Crippen LogP contribution in [-0.4, -0.2) is 13.7 Å². The molecular weight excluding hydrogens is 297 g/mol. The molecule has 0 aromatic heterocycles. The van der Waals surface area contributed by atoms with Gasteiger partial charge in [0.15, 0.2) is 5.82 Å². The molecule has 2 nitrogen and oxygen atoms in total. The van der Waals surface area contributed by atoms with E-state index in [1.807, 2.05) is 0 Å². The number of sulfone groups is 1. The lowest BCUT2D eigenvalue weighted by molar-refractivity contribution is 0.114. The lowest BCUT2D eigenvalue weighted by atomic mass is 10.3. The average Bonchev–Trinajstić information content (AvgIpc) is 2.07. The highest BCUT2D eigenvalue weighted by Gasteiger charge is 2.42. The molecule has 0 unspecified atom stereocenters. The Bertz CT molecular complexity index is 479. The van der Waals surface area contributed by atoms with Crippen LogP contribution >= 0.6 is 15.9 Å². The summed E-state index contributed by atoms with van der Waals surface area (Å²) in [6, 6.07) is 3.20. The highest BCUT2D eigenvalue weighted by Crippen LogP contribution is 2.32. The summed E-state index contributed by atoms with van der Waals surface area (Å²) in [5.41, 5.74) is 0. The van der Waals surface area contributed by atoms with Crippen molar-refractivity contribution in [3.05, 3.63) is 28.5 Å². The summed E-state index contributed by atoms with van der Waals surface area (Å²) < 4.78 is 61.0. The van der Waals surface area contributed by atoms with Crippen molar-refractivity contribution < 1.29 is 21.6 Å². The number of rotatable bonds is 2. The van der Waals surface area contributed by atoms with Gasteiger partial charge in [-0.05, 0) is 28.1 Å². The normalized spacial score (nSPS) is 12.9. The predicted octanol–water partition coefficient (Wildman–Crippen LogP) is 2.97. The van der Waals surface area contributed by atoms with E-state index in [0.717, 1.165) is 6.07 Å². The average molecular weight is 303 g/mol. The summed E-state index contributed by atoms with van der Waals surface area (Å²) in [6.07, 6.45) is 0. The second-order valence-electron chi connectivity index (χ2n) is 2.86. The van der Waals surface area contributed by atoms with Crippen molar-refractivity contribution in [2.45, 2.75) is 17.1 Å². The van der Waals surface area contributed by atoms with Gasteiger partial charge in [-0.1, -0.05) is 6.07 Å². The van der Waals surface area contributed by atoms with E-state index >= 15 is 0 Å². The van der Waals surface area contributed by atoms with Gasteiger partial charge < -0.3 is 0 Å². The van der Waals surface area contributed by atoms with Crippen LogP contribution in [0.2, 0.25) is 0 Å². The van der Waals surface area contributed by atoms with Crippen molar-refractivity contribution >= 4 is 25.8 Å². The minimum atomic E-state index is -4.97. The molecule has 0 heterocycles. The fourth-order valence-corrected chi connectivity index (χ4v) is 2.37. The van der Waals surface area contributed by atoms with Crippen molar-refractivity contribution in [2.24, 2.45) is 0 Å². The first-order valence-electron chi connectivity index (χ1n) is 3.74.